The zero-order valence-corrected chi connectivity index (χ0v) is 13.4. The van der Waals surface area contributed by atoms with E-state index in [1.807, 2.05) is 0 Å². The number of hydrogen-bond acceptors (Lipinski definition) is 5. The van der Waals surface area contributed by atoms with Crippen molar-refractivity contribution in [3.8, 4) is 0 Å². The summed E-state index contributed by atoms with van der Waals surface area (Å²) < 4.78 is 25.1. The van der Waals surface area contributed by atoms with Gasteiger partial charge in [0.15, 0.2) is 0 Å². The molecule has 1 heterocycles. The van der Waals surface area contributed by atoms with E-state index in [1.165, 1.54) is 37.4 Å². The molecule has 0 saturated heterocycles. The predicted octanol–water partition coefficient (Wildman–Crippen LogP) is 1.26. The maximum Gasteiger partial charge on any atom is 0.244 e. The van der Waals surface area contributed by atoms with Gasteiger partial charge in [0.1, 0.15) is 10.7 Å². The predicted molar refractivity (Wildman–Crippen MR) is 83.5 cm³/mol. The van der Waals surface area contributed by atoms with E-state index < -0.39 is 10.0 Å². The van der Waals surface area contributed by atoms with Gasteiger partial charge >= 0.3 is 0 Å². The molecule has 1 fully saturated rings. The van der Waals surface area contributed by atoms with Gasteiger partial charge in [-0.3, -0.25) is 0 Å². The summed E-state index contributed by atoms with van der Waals surface area (Å²) in [6.07, 6.45) is 5.92. The van der Waals surface area contributed by atoms with Crippen LogP contribution in [0.25, 0.3) is 0 Å². The Hall–Kier alpha value is -1.18. The first-order valence-corrected chi connectivity index (χ1v) is 8.71. The van der Waals surface area contributed by atoms with Crippen LogP contribution in [0.15, 0.2) is 23.2 Å². The molecule has 2 atom stereocenters. The summed E-state index contributed by atoms with van der Waals surface area (Å²) in [7, 11) is -0.394. The molecule has 1 saturated carbocycles. The fourth-order valence-electron chi connectivity index (χ4n) is 2.62. The number of nitrogens with one attached hydrogen (secondary N) is 1. The summed E-state index contributed by atoms with van der Waals surface area (Å²) in [5.41, 5.74) is 5.98. The number of nitrogens with two attached hydrogens (primary N) is 1. The lowest BCUT2D eigenvalue weighted by molar-refractivity contribution is 0.335. The van der Waals surface area contributed by atoms with Gasteiger partial charge in [0.05, 0.1) is 0 Å². The first-order valence-electron chi connectivity index (χ1n) is 7.27. The van der Waals surface area contributed by atoms with Gasteiger partial charge in [0.25, 0.3) is 0 Å². The third-order valence-corrected chi connectivity index (χ3v) is 5.71. The molecule has 3 N–H and O–H groups in total. The Balaban J connectivity index is 1.94. The molecular weight excluding hydrogens is 288 g/mol. The quantitative estimate of drug-likeness (QED) is 0.854. The van der Waals surface area contributed by atoms with E-state index >= 15 is 0 Å². The van der Waals surface area contributed by atoms with Gasteiger partial charge in [-0.25, -0.2) is 17.7 Å². The van der Waals surface area contributed by atoms with E-state index in [9.17, 15) is 8.42 Å². The van der Waals surface area contributed by atoms with Gasteiger partial charge in [-0.2, -0.15) is 0 Å². The number of sulfonamides is 1. The van der Waals surface area contributed by atoms with Crippen LogP contribution in [0.2, 0.25) is 0 Å². The third kappa shape index (κ3) is 4.15. The normalized spacial score (nSPS) is 23.2. The molecule has 0 aromatic carbocycles. The van der Waals surface area contributed by atoms with Crippen LogP contribution in [0.5, 0.6) is 0 Å². The monoisotopic (exact) mass is 312 g/mol. The Morgan fingerprint density at radius 1 is 1.38 bits per heavy atom. The summed E-state index contributed by atoms with van der Waals surface area (Å²) >= 11 is 0. The molecule has 21 heavy (non-hydrogen) atoms. The molecule has 1 aliphatic carbocycles. The molecular formula is C14H24N4O2S. The molecule has 0 aliphatic heterocycles. The van der Waals surface area contributed by atoms with Crippen LogP contribution in [-0.4, -0.2) is 44.4 Å². The highest BCUT2D eigenvalue weighted by atomic mass is 32.2. The van der Waals surface area contributed by atoms with Crippen LogP contribution in [0.3, 0.4) is 0 Å². The summed E-state index contributed by atoms with van der Waals surface area (Å²) in [6.45, 7) is 0.834. The molecule has 2 unspecified atom stereocenters. The first kappa shape index (κ1) is 16.2. The van der Waals surface area contributed by atoms with Crippen molar-refractivity contribution in [2.45, 2.75) is 36.6 Å². The Kier molecular flexibility index (Phi) is 5.18. The average molecular weight is 312 g/mol. The van der Waals surface area contributed by atoms with Crippen LogP contribution in [0.1, 0.15) is 25.7 Å². The lowest BCUT2D eigenvalue weighted by Gasteiger charge is -2.26. The van der Waals surface area contributed by atoms with Crippen molar-refractivity contribution in [3.63, 3.8) is 0 Å². The van der Waals surface area contributed by atoms with Crippen molar-refractivity contribution >= 4 is 15.8 Å². The fraction of sp³-hybridized carbons (Fsp3) is 0.643. The molecule has 1 aromatic rings. The molecule has 118 valence electrons. The zero-order valence-electron chi connectivity index (χ0n) is 12.6. The molecule has 2 rings (SSSR count). The third-order valence-electron chi connectivity index (χ3n) is 3.91. The summed E-state index contributed by atoms with van der Waals surface area (Å²) in [6, 6.07) is 3.60. The van der Waals surface area contributed by atoms with Crippen LogP contribution in [-0.2, 0) is 10.0 Å². The second kappa shape index (κ2) is 6.72. The molecule has 1 aromatic heterocycles. The van der Waals surface area contributed by atoms with Crippen LogP contribution < -0.4 is 11.1 Å². The van der Waals surface area contributed by atoms with E-state index in [0.717, 1.165) is 19.4 Å². The maximum atomic E-state index is 11.9. The zero-order chi connectivity index (χ0) is 15.5. The highest BCUT2D eigenvalue weighted by Gasteiger charge is 2.20. The van der Waals surface area contributed by atoms with Crippen molar-refractivity contribution in [1.29, 1.82) is 0 Å². The van der Waals surface area contributed by atoms with Gasteiger partial charge < -0.3 is 11.1 Å². The van der Waals surface area contributed by atoms with Crippen molar-refractivity contribution in [3.05, 3.63) is 18.3 Å². The Morgan fingerprint density at radius 2 is 2.14 bits per heavy atom. The van der Waals surface area contributed by atoms with Crippen molar-refractivity contribution in [2.75, 3.05) is 26.0 Å². The summed E-state index contributed by atoms with van der Waals surface area (Å²) in [5, 5.41) is 3.27. The number of anilines is 1. The van der Waals surface area contributed by atoms with Crippen LogP contribution >= 0.6 is 0 Å². The number of hydrogen-bond donors (Lipinski definition) is 2. The Labute approximate surface area is 126 Å². The first-order chi connectivity index (χ1) is 9.89. The minimum absolute atomic E-state index is 0.206. The number of pyridine rings is 1. The molecule has 0 bridgehead atoms. The second-order valence-corrected chi connectivity index (χ2v) is 7.99. The SMILES string of the molecule is CN(C)S(=O)(=O)c1ccc(NCC2CCCC(N)C2)nc1. The van der Waals surface area contributed by atoms with Crippen LogP contribution in [0, 0.1) is 5.92 Å². The smallest absolute Gasteiger partial charge is 0.244 e. The number of rotatable bonds is 5. The van der Waals surface area contributed by atoms with Crippen molar-refractivity contribution in [1.82, 2.24) is 9.29 Å². The Bertz CT molecular complexity index is 557. The highest BCUT2D eigenvalue weighted by molar-refractivity contribution is 7.89. The van der Waals surface area contributed by atoms with Gasteiger partial charge in [-0.1, -0.05) is 6.42 Å². The maximum absolute atomic E-state index is 11.9. The van der Waals surface area contributed by atoms with Crippen molar-refractivity contribution in [2.24, 2.45) is 11.7 Å². The topological polar surface area (TPSA) is 88.3 Å². The molecule has 1 aliphatic rings. The standard InChI is InChI=1S/C14H24N4O2S/c1-18(2)21(19,20)13-6-7-14(17-10-13)16-9-11-4-3-5-12(15)8-11/h6-7,10-12H,3-5,8-9,15H2,1-2H3,(H,16,17). The largest absolute Gasteiger partial charge is 0.370 e. The molecule has 0 radical (unpaired) electrons. The average Bonchev–Trinajstić information content (AvgIpc) is 2.45. The minimum Gasteiger partial charge on any atom is -0.370 e. The molecule has 6 nitrogen and oxygen atoms in total. The van der Waals surface area contributed by atoms with E-state index in [0.29, 0.717) is 17.8 Å². The van der Waals surface area contributed by atoms with E-state index in [1.54, 1.807) is 12.1 Å². The van der Waals surface area contributed by atoms with E-state index in [2.05, 4.69) is 10.3 Å². The molecule has 7 heteroatoms. The van der Waals surface area contributed by atoms with Gasteiger partial charge in [-0.05, 0) is 37.3 Å². The van der Waals surface area contributed by atoms with E-state index in [4.69, 9.17) is 5.73 Å². The summed E-state index contributed by atoms with van der Waals surface area (Å²) in [4.78, 5) is 4.39. The number of aromatic nitrogens is 1. The molecule has 0 spiro atoms. The van der Waals surface area contributed by atoms with Gasteiger partial charge in [0.2, 0.25) is 10.0 Å². The van der Waals surface area contributed by atoms with Crippen molar-refractivity contribution < 1.29 is 8.42 Å². The fourth-order valence-corrected chi connectivity index (χ4v) is 3.46. The number of nitrogens with zero attached hydrogens (tertiary/aromatic N) is 2. The van der Waals surface area contributed by atoms with Gasteiger partial charge in [-0.15, -0.1) is 0 Å². The van der Waals surface area contributed by atoms with Crippen LogP contribution in [0.4, 0.5) is 5.82 Å². The summed E-state index contributed by atoms with van der Waals surface area (Å²) in [5.74, 6) is 1.27. The highest BCUT2D eigenvalue weighted by Crippen LogP contribution is 2.23. The molecule has 0 amide bonds. The second-order valence-electron chi connectivity index (χ2n) is 5.84. The Morgan fingerprint density at radius 3 is 2.71 bits per heavy atom. The lowest BCUT2D eigenvalue weighted by atomic mass is 9.86. The minimum atomic E-state index is -3.41. The van der Waals surface area contributed by atoms with Gasteiger partial charge in [0, 0.05) is 32.9 Å². The van der Waals surface area contributed by atoms with E-state index in [-0.39, 0.29) is 4.90 Å². The lowest BCUT2D eigenvalue weighted by Crippen LogP contribution is -2.31.